The molecule has 0 aromatic rings. The van der Waals surface area contributed by atoms with Gasteiger partial charge in [0.25, 0.3) is 0 Å². The van der Waals surface area contributed by atoms with Gasteiger partial charge in [0.2, 0.25) is 6.29 Å². The highest BCUT2D eigenvalue weighted by atomic mass is 16.7. The molecule has 7 N–H and O–H groups in total. The second kappa shape index (κ2) is 10.5. The summed E-state index contributed by atoms with van der Waals surface area (Å²) in [6.07, 6.45) is -8.43. The summed E-state index contributed by atoms with van der Waals surface area (Å²) in [6, 6.07) is 0. The zero-order valence-corrected chi connectivity index (χ0v) is 18.6. The first-order valence-corrected chi connectivity index (χ1v) is 11.0. The van der Waals surface area contributed by atoms with Gasteiger partial charge in [-0.25, -0.2) is 0 Å². The minimum absolute atomic E-state index is 0.0210. The van der Waals surface area contributed by atoms with E-state index in [1.165, 1.54) is 6.26 Å². The predicted octanol–water partition coefficient (Wildman–Crippen LogP) is -2.65. The fraction of sp³-hybridized carbons (Fsp3) is 0.857. The van der Waals surface area contributed by atoms with Crippen LogP contribution in [0, 0.1) is 17.8 Å². The van der Waals surface area contributed by atoms with Gasteiger partial charge in [-0.15, -0.1) is 0 Å². The van der Waals surface area contributed by atoms with Gasteiger partial charge in [0.05, 0.1) is 38.1 Å². The SMILES string of the molecule is CC(C)CC(=O)O[C@H]1OC=C(CO[C@@H]2O[C@H](CO)[C@@H](O)[C@H](O)[C@H]2O)[C@@H]2C[C@@H](O)[C@@](O)(CO)[C@@H]12. The highest BCUT2D eigenvalue weighted by Crippen LogP contribution is 2.49. The van der Waals surface area contributed by atoms with E-state index in [1.807, 2.05) is 13.8 Å². The average Bonchev–Trinajstić information content (AvgIpc) is 3.03. The van der Waals surface area contributed by atoms with Crippen LogP contribution in [-0.4, -0.2) is 110 Å². The van der Waals surface area contributed by atoms with E-state index in [1.54, 1.807) is 0 Å². The van der Waals surface area contributed by atoms with Crippen molar-refractivity contribution in [2.75, 3.05) is 19.8 Å². The monoisotopic (exact) mass is 478 g/mol. The van der Waals surface area contributed by atoms with E-state index >= 15 is 0 Å². The van der Waals surface area contributed by atoms with Crippen LogP contribution in [0.25, 0.3) is 0 Å². The minimum Gasteiger partial charge on any atom is -0.462 e. The first-order valence-electron chi connectivity index (χ1n) is 11.0. The average molecular weight is 478 g/mol. The third-order valence-electron chi connectivity index (χ3n) is 6.53. The second-order valence-corrected chi connectivity index (χ2v) is 9.33. The van der Waals surface area contributed by atoms with Crippen LogP contribution in [0.5, 0.6) is 0 Å². The van der Waals surface area contributed by atoms with Crippen LogP contribution in [0.2, 0.25) is 0 Å². The van der Waals surface area contributed by atoms with Crippen molar-refractivity contribution in [2.24, 2.45) is 17.8 Å². The van der Waals surface area contributed by atoms with Crippen molar-refractivity contribution in [3.8, 4) is 0 Å². The molecule has 2 fully saturated rings. The summed E-state index contributed by atoms with van der Waals surface area (Å²) >= 11 is 0. The van der Waals surface area contributed by atoms with E-state index in [-0.39, 0.29) is 25.4 Å². The number of carbonyl (C=O) groups is 1. The molecular weight excluding hydrogens is 444 g/mol. The van der Waals surface area contributed by atoms with Crippen LogP contribution in [0.3, 0.4) is 0 Å². The van der Waals surface area contributed by atoms with E-state index in [0.717, 1.165) is 0 Å². The normalized spacial score (nSPS) is 43.1. The minimum atomic E-state index is -1.99. The molecule has 2 aliphatic heterocycles. The number of hydrogen-bond donors (Lipinski definition) is 7. The number of carbonyl (C=O) groups excluding carboxylic acids is 1. The molecule has 1 saturated carbocycles. The zero-order chi connectivity index (χ0) is 24.5. The Morgan fingerprint density at radius 3 is 2.45 bits per heavy atom. The van der Waals surface area contributed by atoms with Crippen molar-refractivity contribution in [1.82, 2.24) is 0 Å². The molecule has 190 valence electrons. The van der Waals surface area contributed by atoms with Gasteiger partial charge in [-0.1, -0.05) is 13.8 Å². The Morgan fingerprint density at radius 2 is 1.85 bits per heavy atom. The number of aliphatic hydroxyl groups is 7. The van der Waals surface area contributed by atoms with Gasteiger partial charge in [0, 0.05) is 12.3 Å². The molecule has 2 heterocycles. The Hall–Kier alpha value is -1.35. The third kappa shape index (κ3) is 5.19. The number of ether oxygens (including phenoxy) is 4. The summed E-state index contributed by atoms with van der Waals surface area (Å²) in [5.41, 5.74) is -1.56. The topological polar surface area (TPSA) is 196 Å². The standard InChI is InChI=1S/C21H34O12/c1-9(2)3-14(25)33-19-15-11(4-13(24)21(15,29)8-23)10(6-30-19)7-31-20-18(28)17(27)16(26)12(5-22)32-20/h6,9,11-13,15-20,22-24,26-29H,3-5,7-8H2,1-2H3/t11-,12+,13+,15+,16+,17-,18+,19+,20+,21-/m0/s1. The number of fused-ring (bicyclic) bond motifs is 1. The Balaban J connectivity index is 1.75. The summed E-state index contributed by atoms with van der Waals surface area (Å²) in [5.74, 6) is -2.12. The largest absolute Gasteiger partial charge is 0.462 e. The summed E-state index contributed by atoms with van der Waals surface area (Å²) in [5, 5.41) is 70.5. The van der Waals surface area contributed by atoms with E-state index in [0.29, 0.717) is 5.57 Å². The number of rotatable bonds is 8. The fourth-order valence-electron chi connectivity index (χ4n) is 4.64. The lowest BCUT2D eigenvalue weighted by molar-refractivity contribution is -0.299. The quantitative estimate of drug-likeness (QED) is 0.179. The van der Waals surface area contributed by atoms with Crippen LogP contribution in [0.1, 0.15) is 26.7 Å². The molecule has 1 aliphatic carbocycles. The van der Waals surface area contributed by atoms with Crippen molar-refractivity contribution < 1.29 is 59.5 Å². The smallest absolute Gasteiger partial charge is 0.309 e. The molecule has 0 aromatic heterocycles. The van der Waals surface area contributed by atoms with Gasteiger partial charge in [0.1, 0.15) is 30.0 Å². The molecule has 3 aliphatic rings. The maximum Gasteiger partial charge on any atom is 0.309 e. The van der Waals surface area contributed by atoms with Crippen molar-refractivity contribution >= 4 is 5.97 Å². The van der Waals surface area contributed by atoms with Gasteiger partial charge in [0.15, 0.2) is 6.29 Å². The molecule has 0 amide bonds. The van der Waals surface area contributed by atoms with Gasteiger partial charge in [-0.2, -0.15) is 0 Å². The maximum atomic E-state index is 12.2. The second-order valence-electron chi connectivity index (χ2n) is 9.33. The number of hydrogen-bond acceptors (Lipinski definition) is 12. The summed E-state index contributed by atoms with van der Waals surface area (Å²) in [6.45, 7) is 2.04. The van der Waals surface area contributed by atoms with Crippen LogP contribution in [0.15, 0.2) is 11.8 Å². The third-order valence-corrected chi connectivity index (χ3v) is 6.53. The van der Waals surface area contributed by atoms with Gasteiger partial charge in [-0.05, 0) is 17.9 Å². The lowest BCUT2D eigenvalue weighted by Crippen LogP contribution is -2.59. The number of aliphatic hydroxyl groups excluding tert-OH is 6. The van der Waals surface area contributed by atoms with Crippen molar-refractivity contribution in [3.63, 3.8) is 0 Å². The van der Waals surface area contributed by atoms with Gasteiger partial charge in [-0.3, -0.25) is 4.79 Å². The molecule has 0 spiro atoms. The lowest BCUT2D eigenvalue weighted by atomic mass is 9.80. The highest BCUT2D eigenvalue weighted by Gasteiger charge is 2.60. The van der Waals surface area contributed by atoms with E-state index < -0.39 is 79.7 Å². The molecular formula is C21H34O12. The molecule has 0 aromatic carbocycles. The van der Waals surface area contributed by atoms with Crippen LogP contribution >= 0.6 is 0 Å². The predicted molar refractivity (Wildman–Crippen MR) is 108 cm³/mol. The molecule has 0 radical (unpaired) electrons. The van der Waals surface area contributed by atoms with Crippen molar-refractivity contribution in [2.45, 2.75) is 75.4 Å². The van der Waals surface area contributed by atoms with Crippen molar-refractivity contribution in [1.29, 1.82) is 0 Å². The molecule has 10 atom stereocenters. The van der Waals surface area contributed by atoms with E-state index in [4.69, 9.17) is 18.9 Å². The fourth-order valence-corrected chi connectivity index (χ4v) is 4.64. The molecule has 3 rings (SSSR count). The van der Waals surface area contributed by atoms with Crippen molar-refractivity contribution in [3.05, 3.63) is 11.8 Å². The summed E-state index contributed by atoms with van der Waals surface area (Å²) in [7, 11) is 0. The van der Waals surface area contributed by atoms with Gasteiger partial charge >= 0.3 is 5.97 Å². The molecule has 12 heteroatoms. The number of esters is 1. The summed E-state index contributed by atoms with van der Waals surface area (Å²) in [4.78, 5) is 12.2. The maximum absolute atomic E-state index is 12.2. The Labute approximate surface area is 191 Å². The Kier molecular flexibility index (Phi) is 8.36. The van der Waals surface area contributed by atoms with E-state index in [9.17, 15) is 40.5 Å². The first kappa shape index (κ1) is 26.3. The van der Waals surface area contributed by atoms with Crippen LogP contribution in [0.4, 0.5) is 0 Å². The van der Waals surface area contributed by atoms with E-state index in [2.05, 4.69) is 0 Å². The molecule has 0 bridgehead atoms. The lowest BCUT2D eigenvalue weighted by Gasteiger charge is -2.41. The Bertz CT molecular complexity index is 711. The zero-order valence-electron chi connectivity index (χ0n) is 18.6. The Morgan fingerprint density at radius 1 is 1.15 bits per heavy atom. The first-order chi connectivity index (χ1) is 15.5. The molecule has 1 saturated heterocycles. The molecule has 33 heavy (non-hydrogen) atoms. The molecule has 0 unspecified atom stereocenters. The van der Waals surface area contributed by atoms with Crippen LogP contribution in [-0.2, 0) is 23.7 Å². The van der Waals surface area contributed by atoms with Gasteiger partial charge < -0.3 is 54.7 Å². The van der Waals surface area contributed by atoms with Crippen LogP contribution < -0.4 is 0 Å². The summed E-state index contributed by atoms with van der Waals surface area (Å²) < 4.78 is 21.8. The highest BCUT2D eigenvalue weighted by molar-refractivity contribution is 5.69. The molecule has 12 nitrogen and oxygen atoms in total.